The molecule has 0 radical (unpaired) electrons. The van der Waals surface area contributed by atoms with Crippen molar-refractivity contribution in [2.75, 3.05) is 36.5 Å². The van der Waals surface area contributed by atoms with Crippen LogP contribution in [0.25, 0.3) is 0 Å². The number of morpholine rings is 1. The van der Waals surface area contributed by atoms with Gasteiger partial charge in [-0.1, -0.05) is 38.8 Å². The average molecular weight is 288 g/mol. The van der Waals surface area contributed by atoms with Crippen LogP contribution >= 0.6 is 0 Å². The van der Waals surface area contributed by atoms with Gasteiger partial charge in [-0.3, -0.25) is 0 Å². The molecule has 1 N–H and O–H groups in total. The molecule has 1 saturated carbocycles. The van der Waals surface area contributed by atoms with E-state index in [2.05, 4.69) is 48.3 Å². The summed E-state index contributed by atoms with van der Waals surface area (Å²) in [6.07, 6.45) is 5.33. The Morgan fingerprint density at radius 2 is 1.90 bits per heavy atom. The first-order chi connectivity index (χ1) is 10.2. The van der Waals surface area contributed by atoms with Gasteiger partial charge in [-0.15, -0.1) is 0 Å². The highest BCUT2D eigenvalue weighted by Crippen LogP contribution is 2.39. The molecule has 0 bridgehead atoms. The van der Waals surface area contributed by atoms with Crippen molar-refractivity contribution in [3.05, 3.63) is 24.3 Å². The quantitative estimate of drug-likeness (QED) is 0.913. The third kappa shape index (κ3) is 3.34. The van der Waals surface area contributed by atoms with E-state index in [4.69, 9.17) is 4.74 Å². The van der Waals surface area contributed by atoms with Crippen molar-refractivity contribution in [2.45, 2.75) is 45.6 Å². The first-order valence-corrected chi connectivity index (χ1v) is 8.35. The van der Waals surface area contributed by atoms with Crippen LogP contribution in [0, 0.1) is 5.41 Å². The molecule has 1 aromatic rings. The third-order valence-electron chi connectivity index (χ3n) is 5.09. The highest BCUT2D eigenvalue weighted by Gasteiger charge is 2.32. The van der Waals surface area contributed by atoms with Crippen molar-refractivity contribution in [3.63, 3.8) is 0 Å². The largest absolute Gasteiger partial charge is 0.380 e. The van der Waals surface area contributed by atoms with Gasteiger partial charge in [0.1, 0.15) is 0 Å². The summed E-state index contributed by atoms with van der Waals surface area (Å²) in [7, 11) is 0. The summed E-state index contributed by atoms with van der Waals surface area (Å²) in [6.45, 7) is 8.47. The number of hydrogen-bond donors (Lipinski definition) is 1. The molecule has 2 fully saturated rings. The van der Waals surface area contributed by atoms with Crippen LogP contribution in [0.2, 0.25) is 0 Å². The number of benzene rings is 1. The van der Waals surface area contributed by atoms with Crippen molar-refractivity contribution in [2.24, 2.45) is 5.41 Å². The minimum absolute atomic E-state index is 0.385. The normalized spacial score (nSPS) is 25.6. The number of para-hydroxylation sites is 2. The Labute approximate surface area is 128 Å². The van der Waals surface area contributed by atoms with Gasteiger partial charge in [-0.2, -0.15) is 0 Å². The number of hydrogen-bond acceptors (Lipinski definition) is 3. The molecule has 1 heterocycles. The van der Waals surface area contributed by atoms with Crippen LogP contribution in [0.4, 0.5) is 11.4 Å². The molecule has 0 amide bonds. The Kier molecular flexibility index (Phi) is 4.39. The maximum Gasteiger partial charge on any atom is 0.0642 e. The van der Waals surface area contributed by atoms with Crippen molar-refractivity contribution >= 4 is 11.4 Å². The van der Waals surface area contributed by atoms with Gasteiger partial charge >= 0.3 is 0 Å². The minimum atomic E-state index is 0.385. The van der Waals surface area contributed by atoms with E-state index in [0.29, 0.717) is 11.5 Å². The molecule has 1 aromatic carbocycles. The second kappa shape index (κ2) is 6.27. The fraction of sp³-hybridized carbons (Fsp3) is 0.667. The van der Waals surface area contributed by atoms with E-state index >= 15 is 0 Å². The maximum atomic E-state index is 5.48. The molecule has 3 nitrogen and oxygen atoms in total. The summed E-state index contributed by atoms with van der Waals surface area (Å²) in [4.78, 5) is 2.45. The molecule has 2 aliphatic rings. The van der Waals surface area contributed by atoms with Crippen LogP contribution in [0.3, 0.4) is 0 Å². The number of ether oxygens (including phenoxy) is 1. The summed E-state index contributed by atoms with van der Waals surface area (Å²) >= 11 is 0. The first kappa shape index (κ1) is 14.7. The summed E-state index contributed by atoms with van der Waals surface area (Å²) < 4.78 is 5.48. The molecule has 0 spiro atoms. The van der Waals surface area contributed by atoms with Crippen LogP contribution in [-0.4, -0.2) is 32.3 Å². The minimum Gasteiger partial charge on any atom is -0.380 e. The second-order valence-corrected chi connectivity index (χ2v) is 7.05. The Bertz CT molecular complexity index is 466. The van der Waals surface area contributed by atoms with Gasteiger partial charge < -0.3 is 15.0 Å². The number of anilines is 2. The molecule has 116 valence electrons. The summed E-state index contributed by atoms with van der Waals surface area (Å²) in [5.41, 5.74) is 3.01. The van der Waals surface area contributed by atoms with E-state index in [0.717, 1.165) is 26.3 Å². The van der Waals surface area contributed by atoms with Gasteiger partial charge in [-0.25, -0.2) is 0 Å². The molecule has 21 heavy (non-hydrogen) atoms. The molecule has 1 aliphatic heterocycles. The molecular weight excluding hydrogens is 260 g/mol. The summed E-state index contributed by atoms with van der Waals surface area (Å²) in [5.74, 6) is 0. The van der Waals surface area contributed by atoms with Crippen LogP contribution in [0.15, 0.2) is 24.3 Å². The predicted molar refractivity (Wildman–Crippen MR) is 89.1 cm³/mol. The van der Waals surface area contributed by atoms with Gasteiger partial charge in [-0.05, 0) is 30.4 Å². The molecular formula is C18H28N2O. The summed E-state index contributed by atoms with van der Waals surface area (Å²) in [6, 6.07) is 9.33. The lowest BCUT2D eigenvalue weighted by Gasteiger charge is -2.40. The Morgan fingerprint density at radius 3 is 2.67 bits per heavy atom. The van der Waals surface area contributed by atoms with Crippen LogP contribution in [0.1, 0.15) is 39.5 Å². The average Bonchev–Trinajstić information content (AvgIpc) is 2.51. The van der Waals surface area contributed by atoms with Gasteiger partial charge in [0, 0.05) is 19.1 Å². The van der Waals surface area contributed by atoms with E-state index in [1.165, 1.54) is 37.1 Å². The number of rotatable bonds is 3. The fourth-order valence-corrected chi connectivity index (χ4v) is 3.62. The predicted octanol–water partition coefficient (Wildman–Crippen LogP) is 3.90. The second-order valence-electron chi connectivity index (χ2n) is 7.05. The Morgan fingerprint density at radius 1 is 1.14 bits per heavy atom. The maximum absolute atomic E-state index is 5.48. The Balaban J connectivity index is 1.78. The first-order valence-electron chi connectivity index (χ1n) is 8.35. The van der Waals surface area contributed by atoms with E-state index in [9.17, 15) is 0 Å². The zero-order valence-corrected chi connectivity index (χ0v) is 13.4. The standard InChI is InChI=1S/C18H28N2O/c1-18(2)10-6-5-9-17(18)19-15-7-3-4-8-16(15)20-11-13-21-14-12-20/h3-4,7-8,17,19H,5-6,9-14H2,1-2H3. The topological polar surface area (TPSA) is 24.5 Å². The molecule has 1 saturated heterocycles. The Hall–Kier alpha value is -1.22. The highest BCUT2D eigenvalue weighted by molar-refractivity contribution is 5.70. The lowest BCUT2D eigenvalue weighted by molar-refractivity contribution is 0.122. The van der Waals surface area contributed by atoms with Crippen molar-refractivity contribution in [1.29, 1.82) is 0 Å². The molecule has 0 aromatic heterocycles. The lowest BCUT2D eigenvalue weighted by atomic mass is 9.73. The molecule has 3 rings (SSSR count). The molecule has 1 aliphatic carbocycles. The zero-order valence-electron chi connectivity index (χ0n) is 13.4. The van der Waals surface area contributed by atoms with Gasteiger partial charge in [0.2, 0.25) is 0 Å². The van der Waals surface area contributed by atoms with Gasteiger partial charge in [0.25, 0.3) is 0 Å². The molecule has 3 heteroatoms. The van der Waals surface area contributed by atoms with Gasteiger partial charge in [0.05, 0.1) is 24.6 Å². The van der Waals surface area contributed by atoms with Crippen LogP contribution < -0.4 is 10.2 Å². The molecule has 1 unspecified atom stereocenters. The van der Waals surface area contributed by atoms with Crippen molar-refractivity contribution < 1.29 is 4.74 Å². The van der Waals surface area contributed by atoms with E-state index in [-0.39, 0.29) is 0 Å². The van der Waals surface area contributed by atoms with Crippen LogP contribution in [-0.2, 0) is 4.74 Å². The van der Waals surface area contributed by atoms with E-state index in [1.54, 1.807) is 0 Å². The van der Waals surface area contributed by atoms with Crippen molar-refractivity contribution in [1.82, 2.24) is 0 Å². The molecule has 1 atom stereocenters. The van der Waals surface area contributed by atoms with E-state index in [1.807, 2.05) is 0 Å². The third-order valence-corrected chi connectivity index (χ3v) is 5.09. The number of nitrogens with zero attached hydrogens (tertiary/aromatic N) is 1. The van der Waals surface area contributed by atoms with Crippen LogP contribution in [0.5, 0.6) is 0 Å². The SMILES string of the molecule is CC1(C)CCCCC1Nc1ccccc1N1CCOCC1. The monoisotopic (exact) mass is 288 g/mol. The fourth-order valence-electron chi connectivity index (χ4n) is 3.62. The zero-order chi connectivity index (χ0) is 14.7. The smallest absolute Gasteiger partial charge is 0.0642 e. The highest BCUT2D eigenvalue weighted by atomic mass is 16.5. The number of nitrogens with one attached hydrogen (secondary N) is 1. The van der Waals surface area contributed by atoms with Gasteiger partial charge in [0.15, 0.2) is 0 Å². The lowest BCUT2D eigenvalue weighted by Crippen LogP contribution is -2.40. The van der Waals surface area contributed by atoms with Crippen molar-refractivity contribution in [3.8, 4) is 0 Å². The van der Waals surface area contributed by atoms with E-state index < -0.39 is 0 Å². The summed E-state index contributed by atoms with van der Waals surface area (Å²) in [5, 5.41) is 3.85.